The number of oxazole rings is 1. The highest BCUT2D eigenvalue weighted by atomic mass is 32.2. The number of fused-ring (bicyclic) bond motifs is 1. The SMILES string of the molecule is CCC1C(c2nc3cc(C(F)(F)F)ccc3o2)=CC=CC1=S(=O)=O. The minimum atomic E-state index is -4.47. The molecule has 1 heterocycles. The maximum Gasteiger partial charge on any atom is 0.416 e. The Kier molecular flexibility index (Phi) is 4.08. The molecule has 1 atom stereocenters. The summed E-state index contributed by atoms with van der Waals surface area (Å²) in [5.74, 6) is -0.313. The van der Waals surface area contributed by atoms with Crippen LogP contribution >= 0.6 is 0 Å². The van der Waals surface area contributed by atoms with Crippen LogP contribution in [0.3, 0.4) is 0 Å². The van der Waals surface area contributed by atoms with Gasteiger partial charge in [0.2, 0.25) is 16.2 Å². The van der Waals surface area contributed by atoms with Gasteiger partial charge in [-0.05, 0) is 30.7 Å². The van der Waals surface area contributed by atoms with E-state index < -0.39 is 28.0 Å². The Labute approximate surface area is 136 Å². The summed E-state index contributed by atoms with van der Waals surface area (Å²) in [6.07, 6.45) is 0.742. The lowest BCUT2D eigenvalue weighted by Crippen LogP contribution is -2.17. The molecule has 0 amide bonds. The molecule has 0 N–H and O–H groups in total. The van der Waals surface area contributed by atoms with Crippen molar-refractivity contribution < 1.29 is 26.0 Å². The summed E-state index contributed by atoms with van der Waals surface area (Å²) in [5, 5.41) is 0. The van der Waals surface area contributed by atoms with Gasteiger partial charge in [0.05, 0.1) is 10.4 Å². The van der Waals surface area contributed by atoms with Crippen molar-refractivity contribution in [3.05, 3.63) is 47.9 Å². The molecule has 8 heteroatoms. The van der Waals surface area contributed by atoms with Crippen LogP contribution in [-0.2, 0) is 16.5 Å². The summed E-state index contributed by atoms with van der Waals surface area (Å²) in [5.41, 5.74) is 0.0133. The number of halogens is 3. The predicted molar refractivity (Wildman–Crippen MR) is 83.8 cm³/mol. The second-order valence-corrected chi connectivity index (χ2v) is 6.22. The van der Waals surface area contributed by atoms with Crippen molar-refractivity contribution in [1.82, 2.24) is 4.98 Å². The molecule has 3 rings (SSSR count). The topological polar surface area (TPSA) is 60.2 Å². The summed E-state index contributed by atoms with van der Waals surface area (Å²) < 4.78 is 66.6. The van der Waals surface area contributed by atoms with E-state index in [9.17, 15) is 21.6 Å². The first-order valence-electron chi connectivity index (χ1n) is 7.13. The Morgan fingerprint density at radius 1 is 1.29 bits per heavy atom. The maximum absolute atomic E-state index is 12.8. The van der Waals surface area contributed by atoms with Crippen LogP contribution in [0.5, 0.6) is 0 Å². The fourth-order valence-electron chi connectivity index (χ4n) is 2.67. The van der Waals surface area contributed by atoms with E-state index >= 15 is 0 Å². The average molecular weight is 355 g/mol. The van der Waals surface area contributed by atoms with Gasteiger partial charge in [-0.1, -0.05) is 19.1 Å². The van der Waals surface area contributed by atoms with Crippen LogP contribution in [0.4, 0.5) is 13.2 Å². The Balaban J connectivity index is 2.11. The fraction of sp³-hybridized carbons (Fsp3) is 0.250. The Morgan fingerprint density at radius 3 is 2.67 bits per heavy atom. The minimum Gasteiger partial charge on any atom is -0.436 e. The van der Waals surface area contributed by atoms with Crippen LogP contribution < -0.4 is 0 Å². The van der Waals surface area contributed by atoms with Crippen molar-refractivity contribution in [1.29, 1.82) is 0 Å². The van der Waals surface area contributed by atoms with Crippen LogP contribution in [-0.4, -0.2) is 18.3 Å². The van der Waals surface area contributed by atoms with Gasteiger partial charge in [0, 0.05) is 11.5 Å². The summed E-state index contributed by atoms with van der Waals surface area (Å²) in [7, 11) is -2.39. The number of alkyl halides is 3. The highest BCUT2D eigenvalue weighted by Gasteiger charge is 2.31. The summed E-state index contributed by atoms with van der Waals surface area (Å²) in [4.78, 5) is 4.32. The molecule has 0 bridgehead atoms. The van der Waals surface area contributed by atoms with E-state index in [-0.39, 0.29) is 21.9 Å². The average Bonchev–Trinajstić information content (AvgIpc) is 2.95. The van der Waals surface area contributed by atoms with E-state index in [1.54, 1.807) is 12.2 Å². The first-order chi connectivity index (χ1) is 11.3. The maximum atomic E-state index is 12.8. The van der Waals surface area contributed by atoms with Gasteiger partial charge in [-0.3, -0.25) is 0 Å². The van der Waals surface area contributed by atoms with Crippen molar-refractivity contribution in [3.8, 4) is 0 Å². The van der Waals surface area contributed by atoms with Gasteiger partial charge >= 0.3 is 6.18 Å². The number of allylic oxidation sites excluding steroid dienone is 4. The molecule has 1 aromatic heterocycles. The third kappa shape index (κ3) is 2.89. The quantitative estimate of drug-likeness (QED) is 0.767. The van der Waals surface area contributed by atoms with Crippen molar-refractivity contribution in [3.63, 3.8) is 0 Å². The van der Waals surface area contributed by atoms with Crippen LogP contribution in [0.2, 0.25) is 0 Å². The number of hydrogen-bond acceptors (Lipinski definition) is 4. The molecule has 0 saturated carbocycles. The Bertz CT molecular complexity index is 989. The zero-order valence-electron chi connectivity index (χ0n) is 12.5. The molecular formula is C16H12F3NO3S. The Hall–Kier alpha value is -2.35. The van der Waals surface area contributed by atoms with Gasteiger partial charge in [0.1, 0.15) is 5.52 Å². The lowest BCUT2D eigenvalue weighted by molar-refractivity contribution is -0.137. The van der Waals surface area contributed by atoms with Gasteiger partial charge in [0.15, 0.2) is 5.58 Å². The highest BCUT2D eigenvalue weighted by Crippen LogP contribution is 2.34. The lowest BCUT2D eigenvalue weighted by atomic mass is 9.89. The number of rotatable bonds is 2. The molecule has 0 radical (unpaired) electrons. The molecule has 24 heavy (non-hydrogen) atoms. The lowest BCUT2D eigenvalue weighted by Gasteiger charge is -2.17. The summed E-state index contributed by atoms with van der Waals surface area (Å²) in [6.45, 7) is 1.81. The first-order valence-corrected chi connectivity index (χ1v) is 8.21. The largest absolute Gasteiger partial charge is 0.436 e. The van der Waals surface area contributed by atoms with E-state index in [1.165, 1.54) is 12.1 Å². The molecule has 0 fully saturated rings. The number of benzene rings is 1. The van der Waals surface area contributed by atoms with Crippen molar-refractivity contribution in [2.24, 2.45) is 5.92 Å². The molecule has 0 aliphatic heterocycles. The van der Waals surface area contributed by atoms with Crippen LogP contribution in [0, 0.1) is 5.92 Å². The highest BCUT2D eigenvalue weighted by molar-refractivity contribution is 7.73. The van der Waals surface area contributed by atoms with Gasteiger partial charge < -0.3 is 4.42 Å². The number of nitrogens with zero attached hydrogens (tertiary/aromatic N) is 1. The van der Waals surface area contributed by atoms with E-state index in [0.29, 0.717) is 12.0 Å². The second-order valence-electron chi connectivity index (χ2n) is 5.28. The monoisotopic (exact) mass is 355 g/mol. The molecule has 1 unspecified atom stereocenters. The minimum absolute atomic E-state index is 0.0786. The number of aromatic nitrogens is 1. The molecule has 1 aliphatic carbocycles. The van der Waals surface area contributed by atoms with Crippen molar-refractivity contribution in [2.75, 3.05) is 0 Å². The smallest absolute Gasteiger partial charge is 0.416 e. The van der Waals surface area contributed by atoms with Gasteiger partial charge in [-0.25, -0.2) is 4.98 Å². The second kappa shape index (κ2) is 5.94. The third-order valence-corrected chi connectivity index (χ3v) is 4.62. The summed E-state index contributed by atoms with van der Waals surface area (Å²) >= 11 is 0. The molecule has 0 saturated heterocycles. The first kappa shape index (κ1) is 16.5. The normalized spacial score (nSPS) is 18.1. The number of hydrogen-bond donors (Lipinski definition) is 0. The molecule has 1 aromatic carbocycles. The standard InChI is InChI=1S/C16H12F3NO3S/c1-2-10-11(4-3-5-14(10)24(21)22)15-20-12-8-9(16(17,18)19)6-7-13(12)23-15/h3-8,10H,2H2,1H3. The van der Waals surface area contributed by atoms with E-state index in [4.69, 9.17) is 4.42 Å². The fourth-order valence-corrected chi connectivity index (χ4v) is 3.39. The van der Waals surface area contributed by atoms with Gasteiger partial charge in [0.25, 0.3) is 0 Å². The Morgan fingerprint density at radius 2 is 2.04 bits per heavy atom. The van der Waals surface area contributed by atoms with E-state index in [1.807, 2.05) is 6.92 Å². The van der Waals surface area contributed by atoms with Crippen molar-refractivity contribution >= 4 is 31.8 Å². The van der Waals surface area contributed by atoms with Crippen LogP contribution in [0.1, 0.15) is 24.8 Å². The third-order valence-electron chi connectivity index (χ3n) is 3.82. The predicted octanol–water partition coefficient (Wildman–Crippen LogP) is 3.88. The van der Waals surface area contributed by atoms with Crippen LogP contribution in [0.25, 0.3) is 16.7 Å². The van der Waals surface area contributed by atoms with Gasteiger partial charge in [-0.15, -0.1) is 0 Å². The van der Waals surface area contributed by atoms with Gasteiger partial charge in [-0.2, -0.15) is 21.6 Å². The molecule has 1 aliphatic rings. The van der Waals surface area contributed by atoms with E-state index in [2.05, 4.69) is 4.98 Å². The van der Waals surface area contributed by atoms with Crippen molar-refractivity contribution in [2.45, 2.75) is 19.5 Å². The zero-order chi connectivity index (χ0) is 17.5. The summed E-state index contributed by atoms with van der Waals surface area (Å²) in [6, 6.07) is 3.05. The molecule has 126 valence electrons. The molecular weight excluding hydrogens is 343 g/mol. The molecule has 4 nitrogen and oxygen atoms in total. The van der Waals surface area contributed by atoms with Crippen LogP contribution in [0.15, 0.2) is 40.8 Å². The van der Waals surface area contributed by atoms with E-state index in [0.717, 1.165) is 12.1 Å². The zero-order valence-corrected chi connectivity index (χ0v) is 13.3. The molecule has 2 aromatic rings. The molecule has 0 spiro atoms.